The molecule has 0 fully saturated rings. The average Bonchev–Trinajstić information content (AvgIpc) is 2.96. The molecule has 1 atom stereocenters. The molecule has 0 bridgehead atoms. The molecule has 0 spiro atoms. The summed E-state index contributed by atoms with van der Waals surface area (Å²) in [5, 5.41) is 12.8. The Kier molecular flexibility index (Phi) is 6.62. The zero-order valence-corrected chi connectivity index (χ0v) is 15.9. The number of hydrogen-bond donors (Lipinski definition) is 3. The minimum absolute atomic E-state index is 0.0152. The van der Waals surface area contributed by atoms with Crippen molar-refractivity contribution in [1.82, 2.24) is 20.8 Å². The molecule has 0 aliphatic carbocycles. The van der Waals surface area contributed by atoms with E-state index < -0.39 is 0 Å². The summed E-state index contributed by atoms with van der Waals surface area (Å²) in [6.45, 7) is 11.1. The van der Waals surface area contributed by atoms with Crippen LogP contribution in [0.3, 0.4) is 0 Å². The Labute approximate surface area is 150 Å². The standard InChI is InChI=1S/C20H30N4O/c1-13(2)10-16-6-8-17(9-7-16)19(14(3)4)23-20(25)21-11-18-12-22-24-15(18)5/h6-9,12-14,19H,10-11H2,1-5H3,(H,22,24)(H2,21,23,25). The minimum Gasteiger partial charge on any atom is -0.334 e. The lowest BCUT2D eigenvalue weighted by atomic mass is 9.94. The highest BCUT2D eigenvalue weighted by Gasteiger charge is 2.18. The summed E-state index contributed by atoms with van der Waals surface area (Å²) < 4.78 is 0. The van der Waals surface area contributed by atoms with Crippen molar-refractivity contribution in [1.29, 1.82) is 0 Å². The van der Waals surface area contributed by atoms with E-state index in [-0.39, 0.29) is 12.1 Å². The summed E-state index contributed by atoms with van der Waals surface area (Å²) in [6.07, 6.45) is 2.81. The first-order valence-electron chi connectivity index (χ1n) is 8.98. The zero-order valence-electron chi connectivity index (χ0n) is 15.9. The molecule has 1 unspecified atom stereocenters. The topological polar surface area (TPSA) is 69.8 Å². The van der Waals surface area contributed by atoms with Gasteiger partial charge in [0.1, 0.15) is 0 Å². The second-order valence-corrected chi connectivity index (χ2v) is 7.41. The van der Waals surface area contributed by atoms with Crippen molar-refractivity contribution in [3.63, 3.8) is 0 Å². The highest BCUT2D eigenvalue weighted by molar-refractivity contribution is 5.74. The summed E-state index contributed by atoms with van der Waals surface area (Å²) in [5.74, 6) is 0.944. The molecule has 136 valence electrons. The third-order valence-electron chi connectivity index (χ3n) is 4.31. The van der Waals surface area contributed by atoms with Crippen LogP contribution in [0.2, 0.25) is 0 Å². The molecule has 0 saturated heterocycles. The fourth-order valence-electron chi connectivity index (χ4n) is 2.89. The van der Waals surface area contributed by atoms with Crippen molar-refractivity contribution >= 4 is 6.03 Å². The molecule has 1 aromatic carbocycles. The van der Waals surface area contributed by atoms with Crippen LogP contribution in [0.5, 0.6) is 0 Å². The van der Waals surface area contributed by atoms with E-state index in [0.29, 0.717) is 18.4 Å². The first-order chi connectivity index (χ1) is 11.9. The Hall–Kier alpha value is -2.30. The summed E-state index contributed by atoms with van der Waals surface area (Å²) in [5.41, 5.74) is 4.44. The van der Waals surface area contributed by atoms with Crippen LogP contribution >= 0.6 is 0 Å². The number of aromatic amines is 1. The molecule has 0 aliphatic rings. The normalized spacial score (nSPS) is 12.4. The van der Waals surface area contributed by atoms with Gasteiger partial charge < -0.3 is 10.6 Å². The van der Waals surface area contributed by atoms with Crippen LogP contribution in [0.15, 0.2) is 30.5 Å². The molecule has 0 aliphatic heterocycles. The first kappa shape index (κ1) is 19.0. The van der Waals surface area contributed by atoms with E-state index in [2.05, 4.69) is 72.8 Å². The number of aromatic nitrogens is 2. The third-order valence-corrected chi connectivity index (χ3v) is 4.31. The molecule has 5 nitrogen and oxygen atoms in total. The van der Waals surface area contributed by atoms with E-state index in [4.69, 9.17) is 0 Å². The molecular weight excluding hydrogens is 312 g/mol. The van der Waals surface area contributed by atoms with E-state index in [9.17, 15) is 4.79 Å². The number of aryl methyl sites for hydroxylation is 1. The predicted molar refractivity (Wildman–Crippen MR) is 101 cm³/mol. The van der Waals surface area contributed by atoms with E-state index in [0.717, 1.165) is 23.2 Å². The van der Waals surface area contributed by atoms with Crippen LogP contribution in [0, 0.1) is 18.8 Å². The van der Waals surface area contributed by atoms with Gasteiger partial charge in [0.15, 0.2) is 0 Å². The Morgan fingerprint density at radius 3 is 2.36 bits per heavy atom. The number of urea groups is 1. The highest BCUT2D eigenvalue weighted by Crippen LogP contribution is 2.22. The monoisotopic (exact) mass is 342 g/mol. The Balaban J connectivity index is 1.97. The van der Waals surface area contributed by atoms with Crippen molar-refractivity contribution < 1.29 is 4.79 Å². The summed E-state index contributed by atoms with van der Waals surface area (Å²) in [6, 6.07) is 8.41. The maximum absolute atomic E-state index is 12.3. The van der Waals surface area contributed by atoms with Crippen molar-refractivity contribution in [2.24, 2.45) is 11.8 Å². The fourth-order valence-corrected chi connectivity index (χ4v) is 2.89. The van der Waals surface area contributed by atoms with Gasteiger partial charge in [-0.15, -0.1) is 0 Å². The van der Waals surface area contributed by atoms with Gasteiger partial charge in [-0.1, -0.05) is 52.0 Å². The molecule has 25 heavy (non-hydrogen) atoms. The number of hydrogen-bond acceptors (Lipinski definition) is 2. The molecule has 1 heterocycles. The van der Waals surface area contributed by atoms with Gasteiger partial charge in [0.2, 0.25) is 0 Å². The summed E-state index contributed by atoms with van der Waals surface area (Å²) in [4.78, 5) is 12.3. The van der Waals surface area contributed by atoms with E-state index in [1.54, 1.807) is 6.20 Å². The van der Waals surface area contributed by atoms with Gasteiger partial charge in [0, 0.05) is 17.8 Å². The number of carbonyl (C=O) groups is 1. The lowest BCUT2D eigenvalue weighted by Gasteiger charge is -2.23. The third kappa shape index (κ3) is 5.62. The SMILES string of the molecule is Cc1[nH]ncc1CNC(=O)NC(c1ccc(CC(C)C)cc1)C(C)C. The fraction of sp³-hybridized carbons (Fsp3) is 0.500. The number of carbonyl (C=O) groups excluding carboxylic acids is 1. The highest BCUT2D eigenvalue weighted by atomic mass is 16.2. The molecular formula is C20H30N4O. The number of nitrogens with one attached hydrogen (secondary N) is 3. The van der Waals surface area contributed by atoms with Gasteiger partial charge in [-0.3, -0.25) is 5.10 Å². The summed E-state index contributed by atoms with van der Waals surface area (Å²) >= 11 is 0. The van der Waals surface area contributed by atoms with Crippen molar-refractivity contribution in [3.05, 3.63) is 52.8 Å². The van der Waals surface area contributed by atoms with Crippen LogP contribution in [0.25, 0.3) is 0 Å². The zero-order chi connectivity index (χ0) is 18.4. The lowest BCUT2D eigenvalue weighted by molar-refractivity contribution is 0.232. The number of nitrogens with zero attached hydrogens (tertiary/aromatic N) is 1. The lowest BCUT2D eigenvalue weighted by Crippen LogP contribution is -2.39. The van der Waals surface area contributed by atoms with E-state index in [1.165, 1.54) is 5.56 Å². The predicted octanol–water partition coefficient (Wildman–Crippen LogP) is 4.11. The quantitative estimate of drug-likeness (QED) is 0.708. The molecule has 2 amide bonds. The van der Waals surface area contributed by atoms with Gasteiger partial charge in [-0.2, -0.15) is 5.10 Å². The molecule has 0 radical (unpaired) electrons. The van der Waals surface area contributed by atoms with Crippen molar-refractivity contribution in [3.8, 4) is 0 Å². The maximum atomic E-state index is 12.3. The number of amides is 2. The van der Waals surface area contributed by atoms with E-state index in [1.807, 2.05) is 6.92 Å². The van der Waals surface area contributed by atoms with Gasteiger partial charge in [-0.25, -0.2) is 4.79 Å². The largest absolute Gasteiger partial charge is 0.334 e. The maximum Gasteiger partial charge on any atom is 0.315 e. The second-order valence-electron chi connectivity index (χ2n) is 7.41. The van der Waals surface area contributed by atoms with Gasteiger partial charge >= 0.3 is 6.03 Å². The molecule has 2 rings (SSSR count). The van der Waals surface area contributed by atoms with Crippen LogP contribution in [-0.4, -0.2) is 16.2 Å². The Morgan fingerprint density at radius 1 is 1.16 bits per heavy atom. The molecule has 0 saturated carbocycles. The van der Waals surface area contributed by atoms with Gasteiger partial charge in [-0.05, 0) is 36.3 Å². The molecule has 5 heteroatoms. The molecule has 3 N–H and O–H groups in total. The van der Waals surface area contributed by atoms with Crippen molar-refractivity contribution in [2.75, 3.05) is 0 Å². The van der Waals surface area contributed by atoms with Crippen LogP contribution in [-0.2, 0) is 13.0 Å². The van der Waals surface area contributed by atoms with Crippen LogP contribution in [0.1, 0.15) is 56.1 Å². The number of benzene rings is 1. The van der Waals surface area contributed by atoms with Gasteiger partial charge in [0.25, 0.3) is 0 Å². The van der Waals surface area contributed by atoms with Gasteiger partial charge in [0.05, 0.1) is 12.2 Å². The minimum atomic E-state index is -0.162. The van der Waals surface area contributed by atoms with E-state index >= 15 is 0 Å². The number of H-pyrrole nitrogens is 1. The second kappa shape index (κ2) is 8.70. The first-order valence-corrected chi connectivity index (χ1v) is 8.98. The summed E-state index contributed by atoms with van der Waals surface area (Å²) in [7, 11) is 0. The molecule has 1 aromatic heterocycles. The average molecular weight is 342 g/mol. The van der Waals surface area contributed by atoms with Crippen LogP contribution < -0.4 is 10.6 Å². The Morgan fingerprint density at radius 2 is 1.84 bits per heavy atom. The Bertz CT molecular complexity index is 673. The smallest absolute Gasteiger partial charge is 0.315 e. The van der Waals surface area contributed by atoms with Crippen molar-refractivity contribution in [2.45, 2.75) is 53.6 Å². The van der Waals surface area contributed by atoms with Crippen LogP contribution in [0.4, 0.5) is 4.79 Å². The number of rotatable bonds is 7. The molecule has 2 aromatic rings.